The number of aliphatic imine (C=N–C) groups is 1. The minimum absolute atomic E-state index is 0.00388. The Labute approximate surface area is 188 Å². The van der Waals surface area contributed by atoms with Gasteiger partial charge >= 0.3 is 0 Å². The number of ketones is 1. The van der Waals surface area contributed by atoms with Crippen LogP contribution in [-0.4, -0.2) is 74.1 Å². The highest BCUT2D eigenvalue weighted by atomic mass is 16.6. The number of nitrogens with zero attached hydrogens (tertiary/aromatic N) is 4. The van der Waals surface area contributed by atoms with Crippen molar-refractivity contribution in [3.63, 3.8) is 0 Å². The number of Topliss-reactive ketones (excluding diaryl/α,β-unsaturated/α-hetero) is 1. The minimum Gasteiger partial charge on any atom is -0.394 e. The molecule has 13 heteroatoms. The zero-order valence-corrected chi connectivity index (χ0v) is 17.7. The second-order valence-electron chi connectivity index (χ2n) is 7.51. The molecule has 4 rings (SSSR count). The molecule has 1 unspecified atom stereocenters. The molecule has 4 atom stereocenters. The smallest absolute Gasteiger partial charge is 0.269 e. The maximum absolute atomic E-state index is 12.3. The summed E-state index contributed by atoms with van der Waals surface area (Å²) in [5, 5.41) is 36.3. The Morgan fingerprint density at radius 1 is 1.33 bits per heavy atom. The number of non-ortho nitro benzene ring substituents is 1. The molecule has 2 aliphatic heterocycles. The number of imidazole rings is 1. The Kier molecular flexibility index (Phi) is 6.65. The number of hydrogen-bond donors (Lipinski definition) is 4. The fraction of sp³-hybridized carbons (Fsp3) is 0.450. The molecule has 0 amide bonds. The van der Waals surface area contributed by atoms with Crippen LogP contribution in [0.5, 0.6) is 0 Å². The van der Waals surface area contributed by atoms with Crippen LogP contribution in [0.4, 0.5) is 11.5 Å². The van der Waals surface area contributed by atoms with Gasteiger partial charge in [0.05, 0.1) is 31.0 Å². The zero-order chi connectivity index (χ0) is 23.5. The van der Waals surface area contributed by atoms with Crippen molar-refractivity contribution >= 4 is 23.1 Å². The molecule has 1 saturated heterocycles. The van der Waals surface area contributed by atoms with Crippen molar-refractivity contribution in [3.8, 4) is 0 Å². The number of ether oxygens (including phenoxy) is 2. The maximum atomic E-state index is 12.3. The van der Waals surface area contributed by atoms with E-state index in [1.54, 1.807) is 16.7 Å². The maximum Gasteiger partial charge on any atom is 0.269 e. The Morgan fingerprint density at radius 2 is 2.09 bits per heavy atom. The third-order valence-electron chi connectivity index (χ3n) is 5.32. The number of nitro groups is 1. The van der Waals surface area contributed by atoms with E-state index in [4.69, 9.17) is 9.47 Å². The lowest BCUT2D eigenvalue weighted by Gasteiger charge is -2.28. The lowest BCUT2D eigenvalue weighted by atomic mass is 10.1. The van der Waals surface area contributed by atoms with Crippen LogP contribution in [0.3, 0.4) is 0 Å². The molecule has 33 heavy (non-hydrogen) atoms. The largest absolute Gasteiger partial charge is 0.394 e. The molecule has 2 aliphatic rings. The summed E-state index contributed by atoms with van der Waals surface area (Å²) >= 11 is 0. The van der Waals surface area contributed by atoms with E-state index in [0.29, 0.717) is 23.9 Å². The molecule has 0 saturated carbocycles. The Balaban J connectivity index is 1.48. The van der Waals surface area contributed by atoms with Gasteiger partial charge < -0.3 is 34.9 Å². The Hall–Kier alpha value is -3.39. The van der Waals surface area contributed by atoms with E-state index in [2.05, 4.69) is 20.6 Å². The van der Waals surface area contributed by atoms with E-state index in [1.807, 2.05) is 6.92 Å². The molecule has 1 aromatic carbocycles. The van der Waals surface area contributed by atoms with Crippen molar-refractivity contribution in [2.75, 3.05) is 18.5 Å². The Bertz CT molecular complexity index is 1050. The summed E-state index contributed by atoms with van der Waals surface area (Å²) in [5.74, 6) is 0.553. The number of aliphatic hydroxyl groups excluding tert-OH is 2. The molecule has 2 aromatic rings. The highest BCUT2D eigenvalue weighted by Crippen LogP contribution is 2.25. The fourth-order valence-corrected chi connectivity index (χ4v) is 3.63. The SMILES string of the molecule is CCN=C1NC(OCc2ccc([N+](=O)[O-])cc2)Nc2c1ncn2C[C@@H]1O[C@H](CO)[C@@H](O)C1=O. The van der Waals surface area contributed by atoms with Gasteiger partial charge in [-0.2, -0.15) is 0 Å². The number of fused-ring (bicyclic) bond motifs is 1. The summed E-state index contributed by atoms with van der Waals surface area (Å²) in [6.07, 6.45) is -2.42. The molecule has 0 bridgehead atoms. The van der Waals surface area contributed by atoms with Crippen molar-refractivity contribution < 1.29 is 29.4 Å². The second kappa shape index (κ2) is 9.62. The summed E-state index contributed by atoms with van der Waals surface area (Å²) < 4.78 is 13.0. The van der Waals surface area contributed by atoms with Crippen molar-refractivity contribution in [1.29, 1.82) is 0 Å². The number of nitrogens with one attached hydrogen (secondary N) is 2. The molecule has 0 radical (unpaired) electrons. The first kappa shape index (κ1) is 22.8. The van der Waals surface area contributed by atoms with Crippen molar-refractivity contribution in [1.82, 2.24) is 14.9 Å². The van der Waals surface area contributed by atoms with Gasteiger partial charge in [0, 0.05) is 18.7 Å². The van der Waals surface area contributed by atoms with E-state index >= 15 is 0 Å². The average molecular weight is 460 g/mol. The molecule has 13 nitrogen and oxygen atoms in total. The second-order valence-corrected chi connectivity index (χ2v) is 7.51. The molecule has 1 aromatic heterocycles. The van der Waals surface area contributed by atoms with Gasteiger partial charge in [-0.3, -0.25) is 19.9 Å². The summed E-state index contributed by atoms with van der Waals surface area (Å²) in [6.45, 7) is 2.16. The molecule has 1 fully saturated rings. The highest BCUT2D eigenvalue weighted by molar-refractivity contribution is 6.03. The molecule has 0 aliphatic carbocycles. The predicted molar refractivity (Wildman–Crippen MR) is 114 cm³/mol. The van der Waals surface area contributed by atoms with Crippen LogP contribution in [-0.2, 0) is 27.4 Å². The van der Waals surface area contributed by atoms with Crippen molar-refractivity contribution in [2.24, 2.45) is 4.99 Å². The van der Waals surface area contributed by atoms with Crippen LogP contribution in [0.2, 0.25) is 0 Å². The van der Waals surface area contributed by atoms with Gasteiger partial charge in [-0.05, 0) is 24.6 Å². The summed E-state index contributed by atoms with van der Waals surface area (Å²) in [6, 6.07) is 6.04. The van der Waals surface area contributed by atoms with Crippen LogP contribution in [0, 0.1) is 10.1 Å². The van der Waals surface area contributed by atoms with Crippen LogP contribution >= 0.6 is 0 Å². The van der Waals surface area contributed by atoms with Gasteiger partial charge in [-0.15, -0.1) is 0 Å². The van der Waals surface area contributed by atoms with Gasteiger partial charge in [0.15, 0.2) is 11.6 Å². The molecule has 176 valence electrons. The highest BCUT2D eigenvalue weighted by Gasteiger charge is 2.42. The van der Waals surface area contributed by atoms with Gasteiger partial charge in [-0.1, -0.05) is 0 Å². The van der Waals surface area contributed by atoms with Gasteiger partial charge in [0.2, 0.25) is 6.35 Å². The number of nitro benzene ring substituents is 1. The lowest BCUT2D eigenvalue weighted by molar-refractivity contribution is -0.384. The first-order chi connectivity index (χ1) is 15.9. The summed E-state index contributed by atoms with van der Waals surface area (Å²) in [5.41, 5.74) is 1.28. The first-order valence-electron chi connectivity index (χ1n) is 10.4. The van der Waals surface area contributed by atoms with E-state index in [1.165, 1.54) is 18.5 Å². The number of amidine groups is 1. The number of carbonyl (C=O) groups excluding carboxylic acids is 1. The number of anilines is 1. The number of hydrogen-bond acceptors (Lipinski definition) is 10. The van der Waals surface area contributed by atoms with E-state index in [0.717, 1.165) is 5.56 Å². The molecule has 3 heterocycles. The number of benzene rings is 1. The molecular weight excluding hydrogens is 436 g/mol. The predicted octanol–water partition coefficient (Wildman–Crippen LogP) is -0.237. The third kappa shape index (κ3) is 4.71. The minimum atomic E-state index is -1.37. The van der Waals surface area contributed by atoms with Crippen molar-refractivity contribution in [3.05, 3.63) is 52.0 Å². The monoisotopic (exact) mass is 460 g/mol. The van der Waals surface area contributed by atoms with Crippen LogP contribution in [0.15, 0.2) is 35.6 Å². The normalized spacial score (nSPS) is 25.5. The summed E-state index contributed by atoms with van der Waals surface area (Å²) in [4.78, 5) is 31.4. The number of aliphatic hydroxyl groups is 2. The Morgan fingerprint density at radius 3 is 2.73 bits per heavy atom. The van der Waals surface area contributed by atoms with Gasteiger partial charge in [-0.25, -0.2) is 4.98 Å². The quantitative estimate of drug-likeness (QED) is 0.304. The molecular formula is C20H24N6O7. The van der Waals surface area contributed by atoms with E-state index in [9.17, 15) is 25.1 Å². The number of rotatable bonds is 8. The van der Waals surface area contributed by atoms with Gasteiger partial charge in [0.1, 0.15) is 29.8 Å². The average Bonchev–Trinajstić information content (AvgIpc) is 3.34. The lowest BCUT2D eigenvalue weighted by Crippen LogP contribution is -2.47. The van der Waals surface area contributed by atoms with E-state index < -0.39 is 42.0 Å². The van der Waals surface area contributed by atoms with Crippen molar-refractivity contribution in [2.45, 2.75) is 44.7 Å². The van der Waals surface area contributed by atoms with Gasteiger partial charge in [0.25, 0.3) is 5.69 Å². The van der Waals surface area contributed by atoms with Crippen LogP contribution < -0.4 is 10.6 Å². The van der Waals surface area contributed by atoms with Crippen LogP contribution in [0.25, 0.3) is 0 Å². The number of carbonyl (C=O) groups is 1. The topological polar surface area (TPSA) is 173 Å². The standard InChI is InChI=1S/C20H24N6O7/c1-2-21-18-15-19(25(10-22-15)7-13-16(28)17(29)14(8-27)33-13)24-20(23-18)32-9-11-3-5-12(6-4-11)26(30)31/h3-6,10,13-14,17,20,24,27,29H,2,7-9H2,1H3,(H,21,23)/t13-,14+,17+,20?/m0/s1. The van der Waals surface area contributed by atoms with E-state index in [-0.39, 0.29) is 18.8 Å². The zero-order valence-electron chi connectivity index (χ0n) is 17.7. The fourth-order valence-electron chi connectivity index (χ4n) is 3.63. The van der Waals surface area contributed by atoms with Crippen LogP contribution in [0.1, 0.15) is 18.2 Å². The first-order valence-corrected chi connectivity index (χ1v) is 10.4. The third-order valence-corrected chi connectivity index (χ3v) is 5.32. The number of aromatic nitrogens is 2. The molecule has 4 N–H and O–H groups in total. The summed E-state index contributed by atoms with van der Waals surface area (Å²) in [7, 11) is 0. The molecule has 0 spiro atoms.